The molecule has 0 aliphatic rings. The summed E-state index contributed by atoms with van der Waals surface area (Å²) in [5.74, 6) is -0.657. The zero-order valence-electron chi connectivity index (χ0n) is 23.7. The van der Waals surface area contributed by atoms with Crippen molar-refractivity contribution in [2.45, 2.75) is 0 Å². The van der Waals surface area contributed by atoms with E-state index in [0.717, 1.165) is 55.1 Å². The van der Waals surface area contributed by atoms with Crippen LogP contribution in [-0.2, 0) is 0 Å². The molecule has 8 rings (SSSR count). The van der Waals surface area contributed by atoms with Gasteiger partial charge >= 0.3 is 0 Å². The fourth-order valence-corrected chi connectivity index (χ4v) is 6.43. The highest BCUT2D eigenvalue weighted by Gasteiger charge is 2.26. The van der Waals surface area contributed by atoms with E-state index in [0.29, 0.717) is 11.4 Å². The molecule has 0 bridgehead atoms. The minimum atomic E-state index is -0.329. The molecule has 8 aromatic carbocycles. The molecule has 0 saturated heterocycles. The lowest BCUT2D eigenvalue weighted by Gasteiger charge is -2.29. The number of benzene rings is 8. The van der Waals surface area contributed by atoms with Crippen molar-refractivity contribution in [1.29, 1.82) is 0 Å². The second-order valence-corrected chi connectivity index (χ2v) is 10.8. The fourth-order valence-electron chi connectivity index (χ4n) is 6.43. The Balaban J connectivity index is 1.46. The van der Waals surface area contributed by atoms with E-state index < -0.39 is 0 Å². The SMILES string of the molecule is Fc1cc2ccc3c(N(c4ccccc4)c4ccccc4)c(F)cc4ccc(c1N(c1ccccc1)c1ccccc1)c2c43. The van der Waals surface area contributed by atoms with Gasteiger partial charge in [0.05, 0.1) is 11.4 Å². The van der Waals surface area contributed by atoms with E-state index in [-0.39, 0.29) is 11.6 Å². The van der Waals surface area contributed by atoms with Crippen LogP contribution in [-0.4, -0.2) is 0 Å². The molecule has 210 valence electrons. The van der Waals surface area contributed by atoms with Crippen LogP contribution in [0.1, 0.15) is 0 Å². The highest BCUT2D eigenvalue weighted by molar-refractivity contribution is 6.28. The number of anilines is 6. The Kier molecular flexibility index (Phi) is 6.20. The number of hydrogen-bond acceptors (Lipinski definition) is 2. The van der Waals surface area contributed by atoms with Crippen LogP contribution < -0.4 is 9.80 Å². The maximum absolute atomic E-state index is 16.4. The number of para-hydroxylation sites is 4. The third-order valence-corrected chi connectivity index (χ3v) is 8.26. The summed E-state index contributed by atoms with van der Waals surface area (Å²) < 4.78 is 32.8. The summed E-state index contributed by atoms with van der Waals surface area (Å²) in [6.45, 7) is 0. The van der Waals surface area contributed by atoms with Gasteiger partial charge in [0.25, 0.3) is 0 Å². The summed E-state index contributed by atoms with van der Waals surface area (Å²) in [6.07, 6.45) is 0. The smallest absolute Gasteiger partial charge is 0.148 e. The third kappa shape index (κ3) is 4.15. The van der Waals surface area contributed by atoms with Crippen molar-refractivity contribution in [3.8, 4) is 0 Å². The van der Waals surface area contributed by atoms with Crippen molar-refractivity contribution >= 4 is 66.4 Å². The number of rotatable bonds is 6. The van der Waals surface area contributed by atoms with Crippen LogP contribution in [0.2, 0.25) is 0 Å². The van der Waals surface area contributed by atoms with Crippen molar-refractivity contribution < 1.29 is 8.78 Å². The summed E-state index contributed by atoms with van der Waals surface area (Å²) in [5.41, 5.74) is 4.30. The van der Waals surface area contributed by atoms with E-state index in [1.165, 1.54) is 0 Å². The van der Waals surface area contributed by atoms with Gasteiger partial charge < -0.3 is 9.80 Å². The van der Waals surface area contributed by atoms with E-state index in [2.05, 4.69) is 0 Å². The highest BCUT2D eigenvalue weighted by Crippen LogP contribution is 2.49. The van der Waals surface area contributed by atoms with Crippen LogP contribution in [0.4, 0.5) is 42.9 Å². The Bertz CT molecular complexity index is 1990. The predicted octanol–water partition coefficient (Wildman–Crippen LogP) is 11.8. The molecule has 0 amide bonds. The maximum atomic E-state index is 16.4. The lowest BCUT2D eigenvalue weighted by Crippen LogP contribution is -2.13. The second-order valence-electron chi connectivity index (χ2n) is 10.8. The van der Waals surface area contributed by atoms with Gasteiger partial charge in [0.15, 0.2) is 0 Å². The Labute approximate surface area is 254 Å². The molecule has 0 aliphatic heterocycles. The molecular weight excluding hydrogens is 546 g/mol. The van der Waals surface area contributed by atoms with Gasteiger partial charge in [-0.1, -0.05) is 97.1 Å². The van der Waals surface area contributed by atoms with E-state index in [4.69, 9.17) is 0 Å². The molecule has 0 saturated carbocycles. The monoisotopic (exact) mass is 572 g/mol. The fraction of sp³-hybridized carbons (Fsp3) is 0. The number of halogens is 2. The molecule has 0 spiro atoms. The molecule has 2 nitrogen and oxygen atoms in total. The lowest BCUT2D eigenvalue weighted by atomic mass is 9.91. The van der Waals surface area contributed by atoms with Crippen molar-refractivity contribution in [2.24, 2.45) is 0 Å². The molecule has 0 N–H and O–H groups in total. The summed E-state index contributed by atoms with van der Waals surface area (Å²) in [5, 5.41) is 4.85. The van der Waals surface area contributed by atoms with Crippen molar-refractivity contribution in [1.82, 2.24) is 0 Å². The van der Waals surface area contributed by atoms with E-state index in [1.54, 1.807) is 12.1 Å². The molecule has 4 heteroatoms. The Hall–Kier alpha value is -5.74. The van der Waals surface area contributed by atoms with Gasteiger partial charge in [0.1, 0.15) is 11.6 Å². The van der Waals surface area contributed by atoms with Gasteiger partial charge in [-0.2, -0.15) is 0 Å². The van der Waals surface area contributed by atoms with Gasteiger partial charge in [-0.25, -0.2) is 8.78 Å². The average Bonchev–Trinajstić information content (AvgIpc) is 3.07. The van der Waals surface area contributed by atoms with Crippen molar-refractivity contribution in [3.63, 3.8) is 0 Å². The van der Waals surface area contributed by atoms with Crippen LogP contribution >= 0.6 is 0 Å². The molecular formula is C40H26F2N2. The molecule has 0 radical (unpaired) electrons. The first-order valence-electron chi connectivity index (χ1n) is 14.6. The molecule has 44 heavy (non-hydrogen) atoms. The number of hydrogen-bond donors (Lipinski definition) is 0. The first kappa shape index (κ1) is 25.9. The van der Waals surface area contributed by atoms with Gasteiger partial charge in [-0.15, -0.1) is 0 Å². The van der Waals surface area contributed by atoms with Crippen LogP contribution in [0.25, 0.3) is 32.3 Å². The van der Waals surface area contributed by atoms with Crippen molar-refractivity contribution in [3.05, 3.63) is 169 Å². The average molecular weight is 573 g/mol. The summed E-state index contributed by atoms with van der Waals surface area (Å²) in [4.78, 5) is 3.92. The minimum Gasteiger partial charge on any atom is -0.307 e. The van der Waals surface area contributed by atoms with Crippen molar-refractivity contribution in [2.75, 3.05) is 9.80 Å². The summed E-state index contributed by atoms with van der Waals surface area (Å²) in [6, 6.07) is 50.2. The first-order chi connectivity index (χ1) is 21.7. The van der Waals surface area contributed by atoms with Gasteiger partial charge in [0.2, 0.25) is 0 Å². The molecule has 0 fully saturated rings. The lowest BCUT2D eigenvalue weighted by molar-refractivity contribution is 0.631. The predicted molar refractivity (Wildman–Crippen MR) is 179 cm³/mol. The second kappa shape index (κ2) is 10.5. The Morgan fingerprint density at radius 3 is 0.932 bits per heavy atom. The maximum Gasteiger partial charge on any atom is 0.148 e. The highest BCUT2D eigenvalue weighted by atomic mass is 19.1. The Morgan fingerprint density at radius 2 is 0.636 bits per heavy atom. The summed E-state index contributed by atoms with van der Waals surface area (Å²) in [7, 11) is 0. The van der Waals surface area contributed by atoms with Crippen LogP contribution in [0.3, 0.4) is 0 Å². The molecule has 0 unspecified atom stereocenters. The van der Waals surface area contributed by atoms with E-state index >= 15 is 8.78 Å². The van der Waals surface area contributed by atoms with E-state index in [9.17, 15) is 0 Å². The molecule has 0 heterocycles. The minimum absolute atomic E-state index is 0.329. The first-order valence-corrected chi connectivity index (χ1v) is 14.6. The molecule has 0 atom stereocenters. The topological polar surface area (TPSA) is 6.48 Å². The van der Waals surface area contributed by atoms with Gasteiger partial charge in [0, 0.05) is 33.5 Å². The molecule has 8 aromatic rings. The van der Waals surface area contributed by atoms with Crippen LogP contribution in [0.15, 0.2) is 158 Å². The zero-order chi connectivity index (χ0) is 29.6. The standard InChI is InChI=1S/C40H26F2N2/c41-35-25-27-22-24-34-38-28(26-36(42)40(34)44(31-17-9-3-10-18-31)32-19-11-4-12-20-32)21-23-33(37(27)38)39(35)43(29-13-5-1-6-14-29)30-15-7-2-8-16-30/h1-26H. The molecule has 0 aromatic heterocycles. The summed E-state index contributed by atoms with van der Waals surface area (Å²) >= 11 is 0. The number of nitrogens with zero attached hydrogens (tertiary/aromatic N) is 2. The Morgan fingerprint density at radius 1 is 0.341 bits per heavy atom. The third-order valence-electron chi connectivity index (χ3n) is 8.26. The quantitative estimate of drug-likeness (QED) is 0.183. The zero-order valence-corrected chi connectivity index (χ0v) is 23.7. The van der Waals surface area contributed by atoms with Crippen LogP contribution in [0.5, 0.6) is 0 Å². The molecule has 0 aliphatic carbocycles. The largest absolute Gasteiger partial charge is 0.307 e. The normalized spacial score (nSPS) is 11.4. The van der Waals surface area contributed by atoms with E-state index in [1.807, 2.05) is 155 Å². The van der Waals surface area contributed by atoms with Gasteiger partial charge in [-0.05, 0) is 82.2 Å². The van der Waals surface area contributed by atoms with Gasteiger partial charge in [-0.3, -0.25) is 0 Å². The van der Waals surface area contributed by atoms with Crippen LogP contribution in [0, 0.1) is 11.6 Å².